The first-order valence-corrected chi connectivity index (χ1v) is 6.79. The lowest BCUT2D eigenvalue weighted by molar-refractivity contribution is 0.475. The summed E-state index contributed by atoms with van der Waals surface area (Å²) in [5.41, 5.74) is 9.73. The number of benzene rings is 2. The van der Waals surface area contributed by atoms with Crippen LogP contribution in [0.15, 0.2) is 48.5 Å². The third-order valence-corrected chi connectivity index (χ3v) is 3.56. The first kappa shape index (κ1) is 13.6. The molecule has 2 heteroatoms. The van der Waals surface area contributed by atoms with E-state index in [9.17, 15) is 5.11 Å². The molecule has 0 saturated heterocycles. The highest BCUT2D eigenvalue weighted by Crippen LogP contribution is 2.22. The summed E-state index contributed by atoms with van der Waals surface area (Å²) in [6.45, 7) is 2.77. The molecule has 1 unspecified atom stereocenters. The average Bonchev–Trinajstić information content (AvgIpc) is 2.46. The summed E-state index contributed by atoms with van der Waals surface area (Å²) >= 11 is 0. The van der Waals surface area contributed by atoms with Crippen LogP contribution >= 0.6 is 0 Å². The number of aryl methyl sites for hydroxylation is 1. The molecule has 0 aliphatic heterocycles. The van der Waals surface area contributed by atoms with Crippen molar-refractivity contribution in [3.05, 3.63) is 65.2 Å². The van der Waals surface area contributed by atoms with Crippen LogP contribution in [0.3, 0.4) is 0 Å². The second kappa shape index (κ2) is 6.39. The Morgan fingerprint density at radius 2 is 1.53 bits per heavy atom. The molecule has 2 aromatic carbocycles. The Balaban J connectivity index is 2.11. The molecule has 0 fully saturated rings. The normalized spacial score (nSPS) is 12.3. The summed E-state index contributed by atoms with van der Waals surface area (Å²) in [7, 11) is 0. The van der Waals surface area contributed by atoms with Gasteiger partial charge in [-0.25, -0.2) is 0 Å². The zero-order valence-corrected chi connectivity index (χ0v) is 11.3. The zero-order chi connectivity index (χ0) is 13.7. The maximum Gasteiger partial charge on any atom is 0.115 e. The maximum atomic E-state index is 9.33. The van der Waals surface area contributed by atoms with Gasteiger partial charge in [0.25, 0.3) is 0 Å². The van der Waals surface area contributed by atoms with Gasteiger partial charge in [0.15, 0.2) is 0 Å². The summed E-state index contributed by atoms with van der Waals surface area (Å²) < 4.78 is 0. The van der Waals surface area contributed by atoms with E-state index in [-0.39, 0.29) is 0 Å². The van der Waals surface area contributed by atoms with Gasteiger partial charge in [-0.3, -0.25) is 0 Å². The lowest BCUT2D eigenvalue weighted by Crippen LogP contribution is -2.15. The van der Waals surface area contributed by atoms with Crippen molar-refractivity contribution in [1.82, 2.24) is 0 Å². The van der Waals surface area contributed by atoms with Gasteiger partial charge in [-0.1, -0.05) is 43.3 Å². The van der Waals surface area contributed by atoms with Gasteiger partial charge >= 0.3 is 0 Å². The quantitative estimate of drug-likeness (QED) is 0.861. The molecule has 2 aromatic rings. The van der Waals surface area contributed by atoms with E-state index >= 15 is 0 Å². The largest absolute Gasteiger partial charge is 0.508 e. The number of aromatic hydroxyl groups is 1. The number of phenolic OH excluding ortho intramolecular Hbond substituents is 1. The highest BCUT2D eigenvalue weighted by atomic mass is 16.3. The van der Waals surface area contributed by atoms with Crippen molar-refractivity contribution in [3.63, 3.8) is 0 Å². The third-order valence-electron chi connectivity index (χ3n) is 3.56. The topological polar surface area (TPSA) is 46.2 Å². The molecule has 2 rings (SSSR count). The smallest absolute Gasteiger partial charge is 0.115 e. The van der Waals surface area contributed by atoms with Crippen LogP contribution in [-0.4, -0.2) is 11.7 Å². The van der Waals surface area contributed by atoms with Gasteiger partial charge in [0.05, 0.1) is 0 Å². The first-order valence-electron chi connectivity index (χ1n) is 6.79. The van der Waals surface area contributed by atoms with E-state index < -0.39 is 0 Å². The van der Waals surface area contributed by atoms with Crippen molar-refractivity contribution < 1.29 is 5.11 Å². The maximum absolute atomic E-state index is 9.33. The van der Waals surface area contributed by atoms with E-state index in [2.05, 4.69) is 31.2 Å². The van der Waals surface area contributed by atoms with Crippen molar-refractivity contribution in [2.75, 3.05) is 6.54 Å². The SMILES string of the molecule is CCc1ccc(CC(CN)c2ccc(O)cc2)cc1. The Morgan fingerprint density at radius 3 is 2.05 bits per heavy atom. The number of hydrogen-bond donors (Lipinski definition) is 2. The fourth-order valence-corrected chi connectivity index (χ4v) is 2.28. The molecule has 19 heavy (non-hydrogen) atoms. The molecule has 100 valence electrons. The van der Waals surface area contributed by atoms with Gasteiger partial charge in [0, 0.05) is 5.92 Å². The predicted octanol–water partition coefficient (Wildman–Crippen LogP) is 3.24. The Labute approximate surface area is 114 Å². The number of hydrogen-bond acceptors (Lipinski definition) is 2. The highest BCUT2D eigenvalue weighted by Gasteiger charge is 2.10. The van der Waals surface area contributed by atoms with Gasteiger partial charge in [-0.05, 0) is 48.2 Å². The van der Waals surface area contributed by atoms with Crippen LogP contribution in [0.5, 0.6) is 5.75 Å². The molecule has 0 aliphatic carbocycles. The van der Waals surface area contributed by atoms with E-state index in [0.29, 0.717) is 18.2 Å². The molecule has 0 amide bonds. The number of phenols is 1. The number of nitrogens with two attached hydrogens (primary N) is 1. The van der Waals surface area contributed by atoms with E-state index in [1.54, 1.807) is 12.1 Å². The van der Waals surface area contributed by atoms with Crippen LogP contribution in [0, 0.1) is 0 Å². The zero-order valence-electron chi connectivity index (χ0n) is 11.3. The molecule has 0 aliphatic rings. The molecule has 0 radical (unpaired) electrons. The molecule has 2 nitrogen and oxygen atoms in total. The van der Waals surface area contributed by atoms with Gasteiger partial charge in [0.1, 0.15) is 5.75 Å². The standard InChI is InChI=1S/C17H21NO/c1-2-13-3-5-14(6-4-13)11-16(12-18)15-7-9-17(19)10-8-15/h3-10,16,19H,2,11-12,18H2,1H3. The first-order chi connectivity index (χ1) is 9.22. The van der Waals surface area contributed by atoms with E-state index in [1.807, 2.05) is 12.1 Å². The molecule has 3 N–H and O–H groups in total. The molecule has 0 spiro atoms. The fourth-order valence-electron chi connectivity index (χ4n) is 2.28. The molecular formula is C17H21NO. The second-order valence-corrected chi connectivity index (χ2v) is 4.90. The van der Waals surface area contributed by atoms with Gasteiger partial charge in [0.2, 0.25) is 0 Å². The Hall–Kier alpha value is -1.80. The van der Waals surface area contributed by atoms with E-state index in [1.165, 1.54) is 16.7 Å². The molecule has 0 aromatic heterocycles. The fraction of sp³-hybridized carbons (Fsp3) is 0.294. The predicted molar refractivity (Wildman–Crippen MR) is 79.4 cm³/mol. The summed E-state index contributed by atoms with van der Waals surface area (Å²) in [5, 5.41) is 9.33. The van der Waals surface area contributed by atoms with E-state index in [4.69, 9.17) is 5.73 Å². The van der Waals surface area contributed by atoms with Gasteiger partial charge in [-0.15, -0.1) is 0 Å². The van der Waals surface area contributed by atoms with Gasteiger partial charge in [-0.2, -0.15) is 0 Å². The summed E-state index contributed by atoms with van der Waals surface area (Å²) in [5.74, 6) is 0.597. The van der Waals surface area contributed by atoms with Crippen molar-refractivity contribution in [1.29, 1.82) is 0 Å². The minimum Gasteiger partial charge on any atom is -0.508 e. The van der Waals surface area contributed by atoms with Crippen molar-refractivity contribution in [2.24, 2.45) is 5.73 Å². The van der Waals surface area contributed by atoms with Crippen LogP contribution < -0.4 is 5.73 Å². The summed E-state index contributed by atoms with van der Waals surface area (Å²) in [4.78, 5) is 0. The Bertz CT molecular complexity index is 502. The minimum atomic E-state index is 0.298. The highest BCUT2D eigenvalue weighted by molar-refractivity contribution is 5.31. The summed E-state index contributed by atoms with van der Waals surface area (Å²) in [6, 6.07) is 16.1. The van der Waals surface area contributed by atoms with Crippen LogP contribution in [-0.2, 0) is 12.8 Å². The molecule has 0 bridgehead atoms. The Kier molecular flexibility index (Phi) is 4.58. The monoisotopic (exact) mass is 255 g/mol. The van der Waals surface area contributed by atoms with Crippen molar-refractivity contribution in [2.45, 2.75) is 25.7 Å². The van der Waals surface area contributed by atoms with Crippen LogP contribution in [0.1, 0.15) is 29.5 Å². The Morgan fingerprint density at radius 1 is 0.947 bits per heavy atom. The van der Waals surface area contributed by atoms with Crippen LogP contribution in [0.2, 0.25) is 0 Å². The minimum absolute atomic E-state index is 0.298. The third kappa shape index (κ3) is 3.58. The van der Waals surface area contributed by atoms with E-state index in [0.717, 1.165) is 12.8 Å². The van der Waals surface area contributed by atoms with Gasteiger partial charge < -0.3 is 10.8 Å². The van der Waals surface area contributed by atoms with Crippen LogP contribution in [0.4, 0.5) is 0 Å². The second-order valence-electron chi connectivity index (χ2n) is 4.90. The lowest BCUT2D eigenvalue weighted by atomic mass is 9.91. The summed E-state index contributed by atoms with van der Waals surface area (Å²) in [6.07, 6.45) is 2.00. The molecule has 1 atom stereocenters. The molecule has 0 saturated carbocycles. The number of rotatable bonds is 5. The van der Waals surface area contributed by atoms with Crippen LogP contribution in [0.25, 0.3) is 0 Å². The molecule has 0 heterocycles. The van der Waals surface area contributed by atoms with Crippen molar-refractivity contribution >= 4 is 0 Å². The molecular weight excluding hydrogens is 234 g/mol. The van der Waals surface area contributed by atoms with Crippen molar-refractivity contribution in [3.8, 4) is 5.75 Å². The average molecular weight is 255 g/mol. The lowest BCUT2D eigenvalue weighted by Gasteiger charge is -2.15.